The van der Waals surface area contributed by atoms with E-state index in [4.69, 9.17) is 11.6 Å². The third-order valence-corrected chi connectivity index (χ3v) is 5.47. The van der Waals surface area contributed by atoms with E-state index in [1.807, 2.05) is 23.6 Å². The Bertz CT molecular complexity index is 1010. The first-order valence-electron chi connectivity index (χ1n) is 8.50. The lowest BCUT2D eigenvalue weighted by Gasteiger charge is -2.04. The van der Waals surface area contributed by atoms with Gasteiger partial charge in [0, 0.05) is 40.2 Å². The Hall–Kier alpha value is -2.70. The second kappa shape index (κ2) is 7.50. The second-order valence-corrected chi connectivity index (χ2v) is 7.62. The zero-order valence-electron chi connectivity index (χ0n) is 14.3. The second-order valence-electron chi connectivity index (χ2n) is 6.24. The van der Waals surface area contributed by atoms with Crippen molar-refractivity contribution >= 4 is 40.4 Å². The van der Waals surface area contributed by atoms with Crippen molar-refractivity contribution < 1.29 is 9.59 Å². The van der Waals surface area contributed by atoms with Gasteiger partial charge in [-0.25, -0.2) is 4.98 Å². The Morgan fingerprint density at radius 1 is 1.22 bits per heavy atom. The Morgan fingerprint density at radius 3 is 2.85 bits per heavy atom. The van der Waals surface area contributed by atoms with Crippen LogP contribution in [-0.4, -0.2) is 23.3 Å². The van der Waals surface area contributed by atoms with Crippen LogP contribution in [0.1, 0.15) is 20.9 Å². The van der Waals surface area contributed by atoms with Gasteiger partial charge in [0.05, 0.1) is 17.1 Å². The molecule has 27 heavy (non-hydrogen) atoms. The monoisotopic (exact) mass is 397 g/mol. The molecular formula is C20H16ClN3O2S. The molecule has 0 unspecified atom stereocenters. The van der Waals surface area contributed by atoms with E-state index in [0.29, 0.717) is 30.0 Å². The van der Waals surface area contributed by atoms with Crippen molar-refractivity contribution in [2.75, 3.05) is 11.9 Å². The van der Waals surface area contributed by atoms with Gasteiger partial charge in [-0.3, -0.25) is 9.59 Å². The van der Waals surface area contributed by atoms with Crippen molar-refractivity contribution in [3.8, 4) is 11.3 Å². The molecule has 7 heteroatoms. The van der Waals surface area contributed by atoms with E-state index in [2.05, 4.69) is 15.6 Å². The predicted molar refractivity (Wildman–Crippen MR) is 107 cm³/mol. The average Bonchev–Trinajstić information content (AvgIpc) is 3.27. The minimum Gasteiger partial charge on any atom is -0.352 e. The maximum atomic E-state index is 12.1. The number of nitrogens with zero attached hydrogens (tertiary/aromatic N) is 1. The summed E-state index contributed by atoms with van der Waals surface area (Å²) in [6, 6.07) is 12.7. The van der Waals surface area contributed by atoms with Gasteiger partial charge in [0.15, 0.2) is 0 Å². The number of amides is 2. The highest BCUT2D eigenvalue weighted by molar-refractivity contribution is 7.09. The summed E-state index contributed by atoms with van der Waals surface area (Å²) < 4.78 is 0. The number of fused-ring (bicyclic) bond motifs is 1. The largest absolute Gasteiger partial charge is 0.352 e. The van der Waals surface area contributed by atoms with Crippen LogP contribution in [0.2, 0.25) is 5.02 Å². The van der Waals surface area contributed by atoms with Crippen molar-refractivity contribution in [1.29, 1.82) is 0 Å². The van der Waals surface area contributed by atoms with E-state index >= 15 is 0 Å². The van der Waals surface area contributed by atoms with E-state index in [1.165, 1.54) is 0 Å². The highest BCUT2D eigenvalue weighted by atomic mass is 35.5. The van der Waals surface area contributed by atoms with E-state index in [0.717, 1.165) is 27.5 Å². The van der Waals surface area contributed by atoms with Crippen LogP contribution >= 0.6 is 22.9 Å². The predicted octanol–water partition coefficient (Wildman–Crippen LogP) is 3.93. The summed E-state index contributed by atoms with van der Waals surface area (Å²) in [4.78, 5) is 28.2. The van der Waals surface area contributed by atoms with Crippen LogP contribution in [0.4, 0.5) is 5.69 Å². The van der Waals surface area contributed by atoms with Crippen LogP contribution in [0.25, 0.3) is 11.3 Å². The number of carbonyl (C=O) groups is 2. The topological polar surface area (TPSA) is 71.1 Å². The van der Waals surface area contributed by atoms with Gasteiger partial charge in [0.2, 0.25) is 5.91 Å². The first-order valence-corrected chi connectivity index (χ1v) is 9.75. The van der Waals surface area contributed by atoms with Gasteiger partial charge in [0.25, 0.3) is 5.91 Å². The molecule has 2 amide bonds. The molecule has 5 nitrogen and oxygen atoms in total. The number of halogens is 1. The average molecular weight is 398 g/mol. The number of anilines is 1. The van der Waals surface area contributed by atoms with Crippen molar-refractivity contribution in [2.24, 2.45) is 0 Å². The van der Waals surface area contributed by atoms with Gasteiger partial charge in [-0.2, -0.15) is 0 Å². The lowest BCUT2D eigenvalue weighted by atomic mass is 10.1. The maximum absolute atomic E-state index is 12.1. The third kappa shape index (κ3) is 4.02. The highest BCUT2D eigenvalue weighted by Gasteiger charge is 2.18. The molecule has 0 radical (unpaired) electrons. The molecule has 1 aromatic heterocycles. The fraction of sp³-hybridized carbons (Fsp3) is 0.150. The van der Waals surface area contributed by atoms with Gasteiger partial charge in [-0.15, -0.1) is 11.3 Å². The smallest absolute Gasteiger partial charge is 0.251 e. The van der Waals surface area contributed by atoms with Gasteiger partial charge in [0.1, 0.15) is 0 Å². The summed E-state index contributed by atoms with van der Waals surface area (Å²) >= 11 is 7.40. The van der Waals surface area contributed by atoms with E-state index in [1.54, 1.807) is 35.6 Å². The SMILES string of the molecule is O=C1Cc2cc(-c3csc(CCNC(=O)c4ccc(Cl)cc4)n3)ccc2N1. The maximum Gasteiger partial charge on any atom is 0.251 e. The number of hydrogen-bond donors (Lipinski definition) is 2. The Morgan fingerprint density at radius 2 is 2.04 bits per heavy atom. The van der Waals surface area contributed by atoms with Crippen LogP contribution in [0.3, 0.4) is 0 Å². The molecule has 0 spiro atoms. The lowest BCUT2D eigenvalue weighted by molar-refractivity contribution is -0.115. The highest BCUT2D eigenvalue weighted by Crippen LogP contribution is 2.29. The number of aromatic nitrogens is 1. The fourth-order valence-electron chi connectivity index (χ4n) is 2.93. The zero-order valence-corrected chi connectivity index (χ0v) is 15.9. The molecule has 0 atom stereocenters. The van der Waals surface area contributed by atoms with Gasteiger partial charge in [-0.05, 0) is 42.0 Å². The molecule has 1 aliphatic heterocycles. The fourth-order valence-corrected chi connectivity index (χ4v) is 3.87. The summed E-state index contributed by atoms with van der Waals surface area (Å²) in [6.45, 7) is 0.511. The molecular weight excluding hydrogens is 382 g/mol. The van der Waals surface area contributed by atoms with Crippen LogP contribution in [0.5, 0.6) is 0 Å². The molecule has 4 rings (SSSR count). The standard InChI is InChI=1S/C20H16ClN3O2S/c21-15-4-1-12(2-5-15)20(26)22-8-7-19-24-17(11-27-19)13-3-6-16-14(9-13)10-18(25)23-16/h1-6,9,11H,7-8,10H2,(H,22,26)(H,23,25). The number of benzene rings is 2. The molecule has 3 aromatic rings. The first kappa shape index (κ1) is 17.7. The number of hydrogen-bond acceptors (Lipinski definition) is 4. The Labute approximate surface area is 165 Å². The molecule has 136 valence electrons. The zero-order chi connectivity index (χ0) is 18.8. The van der Waals surface area contributed by atoms with Crippen LogP contribution in [-0.2, 0) is 17.6 Å². The minimum atomic E-state index is -0.126. The van der Waals surface area contributed by atoms with E-state index in [-0.39, 0.29) is 11.8 Å². The summed E-state index contributed by atoms with van der Waals surface area (Å²) in [5.74, 6) is -0.100. The number of thiazole rings is 1. The van der Waals surface area contributed by atoms with Crippen LogP contribution in [0.15, 0.2) is 47.8 Å². The Kier molecular flexibility index (Phi) is 4.92. The lowest BCUT2D eigenvalue weighted by Crippen LogP contribution is -2.25. The quantitative estimate of drug-likeness (QED) is 0.685. The summed E-state index contributed by atoms with van der Waals surface area (Å²) in [6.07, 6.45) is 1.08. The summed E-state index contributed by atoms with van der Waals surface area (Å²) in [5, 5.41) is 9.29. The van der Waals surface area contributed by atoms with Crippen molar-refractivity contribution in [3.63, 3.8) is 0 Å². The van der Waals surface area contributed by atoms with Crippen molar-refractivity contribution in [2.45, 2.75) is 12.8 Å². The molecule has 0 saturated carbocycles. The Balaban J connectivity index is 1.36. The summed E-state index contributed by atoms with van der Waals surface area (Å²) in [7, 11) is 0. The molecule has 0 saturated heterocycles. The van der Waals surface area contributed by atoms with E-state index < -0.39 is 0 Å². The van der Waals surface area contributed by atoms with Gasteiger partial charge >= 0.3 is 0 Å². The molecule has 2 N–H and O–H groups in total. The van der Waals surface area contributed by atoms with Gasteiger partial charge < -0.3 is 10.6 Å². The van der Waals surface area contributed by atoms with Crippen molar-refractivity contribution in [1.82, 2.24) is 10.3 Å². The molecule has 0 aliphatic carbocycles. The molecule has 1 aliphatic rings. The van der Waals surface area contributed by atoms with Crippen molar-refractivity contribution in [3.05, 3.63) is 69.0 Å². The molecule has 0 bridgehead atoms. The summed E-state index contributed by atoms with van der Waals surface area (Å²) in [5.41, 5.74) is 4.35. The normalized spacial score (nSPS) is 12.6. The van der Waals surface area contributed by atoms with Crippen LogP contribution in [0, 0.1) is 0 Å². The molecule has 0 fully saturated rings. The van der Waals surface area contributed by atoms with E-state index in [9.17, 15) is 9.59 Å². The first-order chi connectivity index (χ1) is 13.1. The number of nitrogens with one attached hydrogen (secondary N) is 2. The molecule has 2 aromatic carbocycles. The minimum absolute atomic E-state index is 0.0255. The molecule has 2 heterocycles. The number of carbonyl (C=O) groups excluding carboxylic acids is 2. The van der Waals surface area contributed by atoms with Gasteiger partial charge in [-0.1, -0.05) is 17.7 Å². The van der Waals surface area contributed by atoms with Crippen LogP contribution < -0.4 is 10.6 Å². The number of rotatable bonds is 5. The third-order valence-electron chi connectivity index (χ3n) is 4.31.